The average Bonchev–Trinajstić information content (AvgIpc) is 3.38. The second-order valence-corrected chi connectivity index (χ2v) is 9.62. The SMILES string of the molecule is CC(C)COC(=O)Nc1cccc(Cc2nn(-c3cnn(CCCC(=O)N4CCOCC4)c3)ccc2=O)c1. The molecule has 3 aromatic rings. The topological polar surface area (TPSA) is 121 Å². The third-order valence-corrected chi connectivity index (χ3v) is 6.00. The van der Waals surface area contributed by atoms with Gasteiger partial charge in [-0.15, -0.1) is 0 Å². The van der Waals surface area contributed by atoms with E-state index < -0.39 is 6.09 Å². The third kappa shape index (κ3) is 7.75. The summed E-state index contributed by atoms with van der Waals surface area (Å²) in [5, 5.41) is 11.6. The third-order valence-electron chi connectivity index (χ3n) is 6.00. The normalized spacial score (nSPS) is 13.5. The monoisotopic (exact) mass is 522 g/mol. The fourth-order valence-corrected chi connectivity index (χ4v) is 4.02. The molecule has 1 aromatic carbocycles. The second-order valence-electron chi connectivity index (χ2n) is 9.62. The van der Waals surface area contributed by atoms with Gasteiger partial charge >= 0.3 is 6.09 Å². The first-order valence-corrected chi connectivity index (χ1v) is 12.9. The molecule has 11 nitrogen and oxygen atoms in total. The number of carbonyl (C=O) groups excluding carboxylic acids is 2. The van der Waals surface area contributed by atoms with Crippen molar-refractivity contribution in [1.82, 2.24) is 24.5 Å². The number of aromatic nitrogens is 4. The largest absolute Gasteiger partial charge is 0.449 e. The minimum absolute atomic E-state index is 0.138. The fourth-order valence-electron chi connectivity index (χ4n) is 4.02. The predicted octanol–water partition coefficient (Wildman–Crippen LogP) is 2.86. The molecule has 0 unspecified atom stereocenters. The van der Waals surface area contributed by atoms with Gasteiger partial charge in [-0.25, -0.2) is 9.48 Å². The first kappa shape index (κ1) is 27.1. The van der Waals surface area contributed by atoms with E-state index in [1.54, 1.807) is 33.9 Å². The Morgan fingerprint density at radius 2 is 2.00 bits per heavy atom. The number of morpholine rings is 1. The van der Waals surface area contributed by atoms with Gasteiger partial charge < -0.3 is 14.4 Å². The van der Waals surface area contributed by atoms with Crippen molar-refractivity contribution >= 4 is 17.7 Å². The van der Waals surface area contributed by atoms with Crippen LogP contribution in [-0.2, 0) is 27.2 Å². The number of rotatable bonds is 10. The van der Waals surface area contributed by atoms with Gasteiger partial charge in [0.1, 0.15) is 11.4 Å². The van der Waals surface area contributed by atoms with Gasteiger partial charge in [0.2, 0.25) is 11.3 Å². The summed E-state index contributed by atoms with van der Waals surface area (Å²) in [5.41, 5.74) is 2.32. The first-order valence-electron chi connectivity index (χ1n) is 12.9. The molecule has 1 fully saturated rings. The first-order chi connectivity index (χ1) is 18.4. The number of carbonyl (C=O) groups is 2. The fraction of sp³-hybridized carbons (Fsp3) is 0.444. The smallest absolute Gasteiger partial charge is 0.411 e. The van der Waals surface area contributed by atoms with E-state index in [0.29, 0.717) is 75.8 Å². The highest BCUT2D eigenvalue weighted by atomic mass is 16.5. The lowest BCUT2D eigenvalue weighted by atomic mass is 10.1. The number of ether oxygens (including phenoxy) is 2. The van der Waals surface area contributed by atoms with E-state index in [4.69, 9.17) is 9.47 Å². The number of amides is 2. The van der Waals surface area contributed by atoms with E-state index >= 15 is 0 Å². The van der Waals surface area contributed by atoms with Crippen molar-refractivity contribution in [1.29, 1.82) is 0 Å². The van der Waals surface area contributed by atoms with E-state index in [2.05, 4.69) is 15.5 Å². The highest BCUT2D eigenvalue weighted by molar-refractivity contribution is 5.84. The van der Waals surface area contributed by atoms with Gasteiger partial charge in [-0.1, -0.05) is 26.0 Å². The molecule has 0 radical (unpaired) electrons. The second kappa shape index (κ2) is 13.0. The predicted molar refractivity (Wildman–Crippen MR) is 141 cm³/mol. The molecular weight excluding hydrogens is 488 g/mol. The van der Waals surface area contributed by atoms with Gasteiger partial charge in [0.25, 0.3) is 0 Å². The molecule has 0 aliphatic carbocycles. The molecule has 1 aliphatic rings. The molecule has 38 heavy (non-hydrogen) atoms. The van der Waals surface area contributed by atoms with Crippen LogP contribution in [0.3, 0.4) is 0 Å². The van der Waals surface area contributed by atoms with Crippen LogP contribution in [0, 0.1) is 5.92 Å². The van der Waals surface area contributed by atoms with Crippen molar-refractivity contribution < 1.29 is 19.1 Å². The molecule has 1 aliphatic heterocycles. The van der Waals surface area contributed by atoms with Crippen LogP contribution < -0.4 is 10.7 Å². The molecule has 0 atom stereocenters. The number of nitrogens with zero attached hydrogens (tertiary/aromatic N) is 5. The summed E-state index contributed by atoms with van der Waals surface area (Å²) in [6.07, 6.45) is 6.05. The number of nitrogens with one attached hydrogen (secondary N) is 1. The molecule has 0 bridgehead atoms. The lowest BCUT2D eigenvalue weighted by molar-refractivity contribution is -0.135. The number of benzene rings is 1. The van der Waals surface area contributed by atoms with Crippen molar-refractivity contribution in [3.05, 3.63) is 70.4 Å². The highest BCUT2D eigenvalue weighted by Crippen LogP contribution is 2.14. The molecule has 1 N–H and O–H groups in total. The van der Waals surface area contributed by atoms with Crippen molar-refractivity contribution in [2.75, 3.05) is 38.2 Å². The Morgan fingerprint density at radius 1 is 1.18 bits per heavy atom. The molecule has 2 aromatic heterocycles. The van der Waals surface area contributed by atoms with Crippen LogP contribution in [-0.4, -0.2) is 69.4 Å². The summed E-state index contributed by atoms with van der Waals surface area (Å²) in [6, 6.07) is 8.72. The average molecular weight is 523 g/mol. The number of hydrogen-bond donors (Lipinski definition) is 1. The zero-order chi connectivity index (χ0) is 26.9. The molecule has 11 heteroatoms. The Bertz CT molecular complexity index is 1290. The summed E-state index contributed by atoms with van der Waals surface area (Å²) in [7, 11) is 0. The van der Waals surface area contributed by atoms with Crippen LogP contribution in [0.25, 0.3) is 5.69 Å². The van der Waals surface area contributed by atoms with Gasteiger partial charge in [-0.2, -0.15) is 10.2 Å². The van der Waals surface area contributed by atoms with Crippen LogP contribution in [0.2, 0.25) is 0 Å². The van der Waals surface area contributed by atoms with E-state index in [9.17, 15) is 14.4 Å². The zero-order valence-corrected chi connectivity index (χ0v) is 21.8. The van der Waals surface area contributed by atoms with Gasteiger partial charge in [-0.05, 0) is 30.0 Å². The Balaban J connectivity index is 1.35. The molecule has 0 saturated carbocycles. The van der Waals surface area contributed by atoms with E-state index in [1.165, 1.54) is 6.07 Å². The molecular formula is C27H34N6O5. The van der Waals surface area contributed by atoms with Crippen LogP contribution >= 0.6 is 0 Å². The van der Waals surface area contributed by atoms with Gasteiger partial charge in [0.15, 0.2) is 0 Å². The Labute approximate surface area is 221 Å². The number of aryl methyl sites for hydroxylation is 1. The number of anilines is 1. The molecule has 202 valence electrons. The van der Waals surface area contributed by atoms with Crippen LogP contribution in [0.5, 0.6) is 0 Å². The standard InChI is InChI=1S/C27H34N6O5/c1-20(2)19-38-27(36)29-22-6-3-5-21(15-22)16-24-25(34)8-10-33(30-24)23-17-28-32(18-23)9-4-7-26(35)31-11-13-37-14-12-31/h3,5-6,8,10,15,17-18,20H,4,7,9,11-14,16,19H2,1-2H3,(H,29,36). The summed E-state index contributed by atoms with van der Waals surface area (Å²) in [4.78, 5) is 38.7. The summed E-state index contributed by atoms with van der Waals surface area (Å²) >= 11 is 0. The maximum Gasteiger partial charge on any atom is 0.411 e. The van der Waals surface area contributed by atoms with Gasteiger partial charge in [0.05, 0.1) is 32.2 Å². The quantitative estimate of drug-likeness (QED) is 0.435. The summed E-state index contributed by atoms with van der Waals surface area (Å²) < 4.78 is 13.9. The highest BCUT2D eigenvalue weighted by Gasteiger charge is 2.16. The Morgan fingerprint density at radius 3 is 2.79 bits per heavy atom. The molecule has 0 spiro atoms. The summed E-state index contributed by atoms with van der Waals surface area (Å²) in [6.45, 7) is 7.36. The minimum Gasteiger partial charge on any atom is -0.449 e. The minimum atomic E-state index is -0.515. The number of hydrogen-bond acceptors (Lipinski definition) is 7. The molecule has 2 amide bonds. The lowest BCUT2D eigenvalue weighted by Crippen LogP contribution is -2.40. The Hall–Kier alpha value is -3.99. The van der Waals surface area contributed by atoms with Gasteiger partial charge in [0, 0.05) is 50.4 Å². The summed E-state index contributed by atoms with van der Waals surface area (Å²) in [5.74, 6) is 0.384. The maximum absolute atomic E-state index is 12.5. The Kier molecular flexibility index (Phi) is 9.26. The van der Waals surface area contributed by atoms with Crippen LogP contribution in [0.4, 0.5) is 10.5 Å². The van der Waals surface area contributed by atoms with E-state index in [-0.39, 0.29) is 17.3 Å². The van der Waals surface area contributed by atoms with E-state index in [1.807, 2.05) is 37.1 Å². The van der Waals surface area contributed by atoms with Crippen molar-refractivity contribution in [3.8, 4) is 5.69 Å². The van der Waals surface area contributed by atoms with Crippen molar-refractivity contribution in [2.24, 2.45) is 5.92 Å². The van der Waals surface area contributed by atoms with Gasteiger partial charge in [-0.3, -0.25) is 19.6 Å². The lowest BCUT2D eigenvalue weighted by Gasteiger charge is -2.26. The van der Waals surface area contributed by atoms with Crippen LogP contribution in [0.1, 0.15) is 37.9 Å². The molecule has 1 saturated heterocycles. The molecule has 4 rings (SSSR count). The maximum atomic E-state index is 12.5. The van der Waals surface area contributed by atoms with Crippen LogP contribution in [0.15, 0.2) is 53.7 Å². The zero-order valence-electron chi connectivity index (χ0n) is 21.8. The molecule has 3 heterocycles. The van der Waals surface area contributed by atoms with Crippen molar-refractivity contribution in [2.45, 2.75) is 39.7 Å². The van der Waals surface area contributed by atoms with E-state index in [0.717, 1.165) is 5.56 Å². The van der Waals surface area contributed by atoms with Crippen molar-refractivity contribution in [3.63, 3.8) is 0 Å².